The lowest BCUT2D eigenvalue weighted by Gasteiger charge is -2.19. The number of rotatable bonds is 4. The third-order valence-corrected chi connectivity index (χ3v) is 2.24. The van der Waals surface area contributed by atoms with Gasteiger partial charge < -0.3 is 20.9 Å². The Kier molecular flexibility index (Phi) is 4.22. The van der Waals surface area contributed by atoms with Gasteiger partial charge in [0.15, 0.2) is 5.84 Å². The summed E-state index contributed by atoms with van der Waals surface area (Å²) in [6.45, 7) is -0.131. The summed E-state index contributed by atoms with van der Waals surface area (Å²) in [6.07, 6.45) is 0. The van der Waals surface area contributed by atoms with Crippen LogP contribution in [0.15, 0.2) is 17.3 Å². The summed E-state index contributed by atoms with van der Waals surface area (Å²) >= 11 is 0. The summed E-state index contributed by atoms with van der Waals surface area (Å²) in [7, 11) is 1.45. The summed E-state index contributed by atoms with van der Waals surface area (Å²) in [4.78, 5) is 1.24. The first kappa shape index (κ1) is 13.2. The number of halogens is 2. The zero-order chi connectivity index (χ0) is 13.0. The fourth-order valence-corrected chi connectivity index (χ4v) is 1.40. The highest BCUT2D eigenvalue weighted by atomic mass is 19.1. The molecule has 4 N–H and O–H groups in total. The van der Waals surface area contributed by atoms with Crippen LogP contribution in [0.25, 0.3) is 0 Å². The lowest BCUT2D eigenvalue weighted by atomic mass is 10.1. The first-order valence-corrected chi connectivity index (χ1v) is 4.80. The van der Waals surface area contributed by atoms with E-state index >= 15 is 0 Å². The van der Waals surface area contributed by atoms with Crippen molar-refractivity contribution < 1.29 is 19.1 Å². The second-order valence-electron chi connectivity index (χ2n) is 3.42. The normalized spacial score (nSPS) is 11.6. The van der Waals surface area contributed by atoms with Crippen molar-refractivity contribution in [3.8, 4) is 0 Å². The van der Waals surface area contributed by atoms with Crippen LogP contribution in [-0.4, -0.2) is 36.3 Å². The third kappa shape index (κ3) is 2.82. The molecule has 0 heterocycles. The quantitative estimate of drug-likeness (QED) is 0.312. The molecule has 0 saturated carbocycles. The summed E-state index contributed by atoms with van der Waals surface area (Å²) < 4.78 is 27.3. The largest absolute Gasteiger partial charge is 0.409 e. The molecule has 94 valence electrons. The van der Waals surface area contributed by atoms with E-state index in [4.69, 9.17) is 16.0 Å². The van der Waals surface area contributed by atoms with Crippen molar-refractivity contribution in [1.82, 2.24) is 0 Å². The number of nitrogens with two attached hydrogens (primary N) is 1. The maximum Gasteiger partial charge on any atom is 0.170 e. The van der Waals surface area contributed by atoms with E-state index in [2.05, 4.69) is 5.16 Å². The van der Waals surface area contributed by atoms with Crippen LogP contribution in [0.1, 0.15) is 5.56 Å². The molecule has 0 unspecified atom stereocenters. The van der Waals surface area contributed by atoms with E-state index in [0.717, 1.165) is 12.1 Å². The van der Waals surface area contributed by atoms with E-state index in [-0.39, 0.29) is 30.2 Å². The van der Waals surface area contributed by atoms with Gasteiger partial charge in [0.25, 0.3) is 0 Å². The summed E-state index contributed by atoms with van der Waals surface area (Å²) in [5, 5.41) is 19.8. The molecule has 0 aliphatic heterocycles. The Morgan fingerprint density at radius 1 is 1.41 bits per heavy atom. The van der Waals surface area contributed by atoms with Gasteiger partial charge in [-0.25, -0.2) is 8.78 Å². The summed E-state index contributed by atoms with van der Waals surface area (Å²) in [6, 6.07) is 1.92. The molecule has 0 aromatic heterocycles. The van der Waals surface area contributed by atoms with E-state index < -0.39 is 11.6 Å². The smallest absolute Gasteiger partial charge is 0.170 e. The van der Waals surface area contributed by atoms with Gasteiger partial charge in [-0.2, -0.15) is 0 Å². The first-order valence-electron chi connectivity index (χ1n) is 4.80. The molecule has 17 heavy (non-hydrogen) atoms. The van der Waals surface area contributed by atoms with Crippen LogP contribution < -0.4 is 10.6 Å². The lowest BCUT2D eigenvalue weighted by Crippen LogP contribution is -2.24. The van der Waals surface area contributed by atoms with Gasteiger partial charge >= 0.3 is 0 Å². The summed E-state index contributed by atoms with van der Waals surface area (Å²) in [5.74, 6) is -2.07. The lowest BCUT2D eigenvalue weighted by molar-refractivity contribution is 0.303. The monoisotopic (exact) mass is 245 g/mol. The molecule has 7 heteroatoms. The van der Waals surface area contributed by atoms with Gasteiger partial charge in [-0.05, 0) is 12.1 Å². The van der Waals surface area contributed by atoms with Crippen molar-refractivity contribution in [2.75, 3.05) is 25.1 Å². The number of anilines is 1. The second kappa shape index (κ2) is 5.44. The van der Waals surface area contributed by atoms with Gasteiger partial charge in [-0.3, -0.25) is 0 Å². The molecule has 5 nitrogen and oxygen atoms in total. The maximum atomic E-state index is 13.6. The van der Waals surface area contributed by atoms with Gasteiger partial charge in [-0.15, -0.1) is 0 Å². The van der Waals surface area contributed by atoms with Crippen molar-refractivity contribution in [2.24, 2.45) is 10.9 Å². The summed E-state index contributed by atoms with van der Waals surface area (Å²) in [5.41, 5.74) is 4.91. The van der Waals surface area contributed by atoms with E-state index in [1.54, 1.807) is 0 Å². The van der Waals surface area contributed by atoms with Gasteiger partial charge in [-0.1, -0.05) is 5.16 Å². The molecule has 1 rings (SSSR count). The topological polar surface area (TPSA) is 82.1 Å². The number of oxime groups is 1. The molecular weight excluding hydrogens is 232 g/mol. The number of likely N-dealkylation sites (N-methyl/N-ethyl adjacent to an activating group) is 1. The molecule has 0 aliphatic rings. The SMILES string of the molecule is CN(CCO)c1c(F)cc(C(N)=NO)cc1F. The number of hydrogen-bond acceptors (Lipinski definition) is 4. The first-order chi connectivity index (χ1) is 8.01. The molecule has 1 aromatic rings. The highest BCUT2D eigenvalue weighted by Crippen LogP contribution is 2.23. The van der Waals surface area contributed by atoms with E-state index in [1.165, 1.54) is 11.9 Å². The third-order valence-electron chi connectivity index (χ3n) is 2.24. The Balaban J connectivity index is 3.19. The van der Waals surface area contributed by atoms with Crippen LogP contribution in [0.5, 0.6) is 0 Å². The predicted octanol–water partition coefficient (Wildman–Crippen LogP) is 0.488. The van der Waals surface area contributed by atoms with Gasteiger partial charge in [0.1, 0.15) is 17.3 Å². The minimum absolute atomic E-state index is 0.0522. The standard InChI is InChI=1S/C10H13F2N3O2/c1-15(2-3-16)9-7(11)4-6(5-8(9)12)10(13)14-17/h4-5,16-17H,2-3H2,1H3,(H2,13,14). The maximum absolute atomic E-state index is 13.6. The van der Waals surface area contributed by atoms with Crippen molar-refractivity contribution in [1.29, 1.82) is 0 Å². The number of hydrogen-bond donors (Lipinski definition) is 3. The van der Waals surface area contributed by atoms with Crippen molar-refractivity contribution in [3.63, 3.8) is 0 Å². The molecule has 0 spiro atoms. The molecule has 0 fully saturated rings. The molecule has 1 aromatic carbocycles. The Labute approximate surface area is 96.8 Å². The second-order valence-corrected chi connectivity index (χ2v) is 3.42. The highest BCUT2D eigenvalue weighted by molar-refractivity contribution is 5.97. The number of aliphatic hydroxyl groups excluding tert-OH is 1. The average molecular weight is 245 g/mol. The fourth-order valence-electron chi connectivity index (χ4n) is 1.40. The Morgan fingerprint density at radius 2 is 1.94 bits per heavy atom. The van der Waals surface area contributed by atoms with Crippen LogP contribution >= 0.6 is 0 Å². The van der Waals surface area contributed by atoms with Gasteiger partial charge in [0, 0.05) is 19.2 Å². The fraction of sp³-hybridized carbons (Fsp3) is 0.300. The Bertz CT molecular complexity index is 415. The van der Waals surface area contributed by atoms with Crippen molar-refractivity contribution >= 4 is 11.5 Å². The Hall–Kier alpha value is -1.89. The van der Waals surface area contributed by atoms with Crippen LogP contribution in [0.4, 0.5) is 14.5 Å². The molecule has 0 amide bonds. The van der Waals surface area contributed by atoms with Crippen LogP contribution in [0.2, 0.25) is 0 Å². The number of aliphatic hydroxyl groups is 1. The predicted molar refractivity (Wildman–Crippen MR) is 59.2 cm³/mol. The zero-order valence-corrected chi connectivity index (χ0v) is 9.19. The molecule has 0 bridgehead atoms. The molecule has 0 saturated heterocycles. The van der Waals surface area contributed by atoms with Gasteiger partial charge in [0.05, 0.1) is 6.61 Å². The molecular formula is C10H13F2N3O2. The molecule has 0 atom stereocenters. The number of nitrogens with zero attached hydrogens (tertiary/aromatic N) is 2. The molecule has 0 radical (unpaired) electrons. The van der Waals surface area contributed by atoms with Crippen LogP contribution in [0.3, 0.4) is 0 Å². The van der Waals surface area contributed by atoms with Crippen LogP contribution in [-0.2, 0) is 0 Å². The van der Waals surface area contributed by atoms with Crippen molar-refractivity contribution in [2.45, 2.75) is 0 Å². The van der Waals surface area contributed by atoms with E-state index in [1.807, 2.05) is 0 Å². The zero-order valence-electron chi connectivity index (χ0n) is 9.19. The van der Waals surface area contributed by atoms with Crippen LogP contribution in [0, 0.1) is 11.6 Å². The minimum atomic E-state index is -0.845. The number of amidine groups is 1. The molecule has 0 aliphatic carbocycles. The minimum Gasteiger partial charge on any atom is -0.409 e. The Morgan fingerprint density at radius 3 is 2.35 bits per heavy atom. The number of benzene rings is 1. The average Bonchev–Trinajstić information content (AvgIpc) is 2.27. The van der Waals surface area contributed by atoms with Gasteiger partial charge in [0.2, 0.25) is 0 Å². The highest BCUT2D eigenvalue weighted by Gasteiger charge is 2.16. The van der Waals surface area contributed by atoms with Crippen molar-refractivity contribution in [3.05, 3.63) is 29.3 Å². The van der Waals surface area contributed by atoms with E-state index in [0.29, 0.717) is 0 Å². The van der Waals surface area contributed by atoms with E-state index in [9.17, 15) is 8.78 Å².